The van der Waals surface area contributed by atoms with Crippen molar-refractivity contribution in [2.24, 2.45) is 0 Å². The maximum Gasteiger partial charge on any atom is 0.129 e. The topological polar surface area (TPSA) is 0 Å². The van der Waals surface area contributed by atoms with Gasteiger partial charge < -0.3 is 0 Å². The first-order valence-electron chi connectivity index (χ1n) is 5.65. The van der Waals surface area contributed by atoms with Gasteiger partial charge in [-0.2, -0.15) is 0 Å². The predicted molar refractivity (Wildman–Crippen MR) is 77.7 cm³/mol. The SMILES string of the molecule is Cc1ccc(C)c(C(Cl)c2ccc(Br)cc2F)c1. The third-order valence-electron chi connectivity index (χ3n) is 2.94. The predicted octanol–water partition coefficient (Wildman–Crippen LogP) is 5.53. The van der Waals surface area contributed by atoms with Gasteiger partial charge in [-0.25, -0.2) is 4.39 Å². The highest BCUT2D eigenvalue weighted by Crippen LogP contribution is 2.33. The van der Waals surface area contributed by atoms with Crippen molar-refractivity contribution in [3.05, 3.63) is 68.9 Å². The lowest BCUT2D eigenvalue weighted by Crippen LogP contribution is -2.00. The Morgan fingerprint density at radius 2 is 1.78 bits per heavy atom. The average Bonchev–Trinajstić information content (AvgIpc) is 2.31. The van der Waals surface area contributed by atoms with Crippen molar-refractivity contribution in [1.82, 2.24) is 0 Å². The highest BCUT2D eigenvalue weighted by atomic mass is 79.9. The molecule has 0 saturated carbocycles. The Balaban J connectivity index is 2.47. The minimum Gasteiger partial charge on any atom is -0.207 e. The molecule has 0 aliphatic heterocycles. The molecule has 0 aromatic heterocycles. The molecule has 0 heterocycles. The van der Waals surface area contributed by atoms with Crippen LogP contribution in [-0.2, 0) is 0 Å². The Kier molecular flexibility index (Phi) is 4.08. The minimum absolute atomic E-state index is 0.287. The Bertz CT molecular complexity index is 581. The van der Waals surface area contributed by atoms with Crippen LogP contribution in [0.15, 0.2) is 40.9 Å². The van der Waals surface area contributed by atoms with Gasteiger partial charge in [0.15, 0.2) is 0 Å². The van der Waals surface area contributed by atoms with Crippen molar-refractivity contribution in [2.75, 3.05) is 0 Å². The molecular weight excluding hydrogens is 315 g/mol. The zero-order chi connectivity index (χ0) is 13.3. The van der Waals surface area contributed by atoms with Crippen molar-refractivity contribution in [3.8, 4) is 0 Å². The first-order chi connectivity index (χ1) is 8.49. The van der Waals surface area contributed by atoms with Crippen molar-refractivity contribution >= 4 is 27.5 Å². The fourth-order valence-electron chi connectivity index (χ4n) is 1.91. The third-order valence-corrected chi connectivity index (χ3v) is 3.91. The van der Waals surface area contributed by atoms with E-state index in [0.717, 1.165) is 16.7 Å². The summed E-state index contributed by atoms with van der Waals surface area (Å²) in [5.74, 6) is -0.287. The number of hydrogen-bond donors (Lipinski definition) is 0. The van der Waals surface area contributed by atoms with Gasteiger partial charge >= 0.3 is 0 Å². The fourth-order valence-corrected chi connectivity index (χ4v) is 2.65. The molecule has 18 heavy (non-hydrogen) atoms. The summed E-state index contributed by atoms with van der Waals surface area (Å²) in [6.07, 6.45) is 0. The van der Waals surface area contributed by atoms with E-state index < -0.39 is 5.38 Å². The normalized spacial score (nSPS) is 12.5. The van der Waals surface area contributed by atoms with Gasteiger partial charge in [-0.05, 0) is 37.1 Å². The zero-order valence-electron chi connectivity index (χ0n) is 10.2. The quantitative estimate of drug-likeness (QED) is 0.636. The molecule has 0 spiro atoms. The van der Waals surface area contributed by atoms with Gasteiger partial charge in [-0.3, -0.25) is 0 Å². The Labute approximate surface area is 120 Å². The van der Waals surface area contributed by atoms with Crippen LogP contribution in [0.3, 0.4) is 0 Å². The number of rotatable bonds is 2. The van der Waals surface area contributed by atoms with Gasteiger partial charge in [0.2, 0.25) is 0 Å². The number of alkyl halides is 1. The lowest BCUT2D eigenvalue weighted by atomic mass is 9.98. The third kappa shape index (κ3) is 2.76. The first kappa shape index (κ1) is 13.6. The molecule has 3 heteroatoms. The van der Waals surface area contributed by atoms with Crippen LogP contribution in [0.25, 0.3) is 0 Å². The van der Waals surface area contributed by atoms with E-state index in [0.29, 0.717) is 10.0 Å². The second kappa shape index (κ2) is 5.41. The summed E-state index contributed by atoms with van der Waals surface area (Å²) in [5, 5.41) is -0.460. The van der Waals surface area contributed by atoms with Crippen LogP contribution in [0, 0.1) is 19.7 Å². The van der Waals surface area contributed by atoms with Crippen molar-refractivity contribution < 1.29 is 4.39 Å². The molecule has 1 atom stereocenters. The molecule has 0 nitrogen and oxygen atoms in total. The van der Waals surface area contributed by atoms with Crippen LogP contribution >= 0.6 is 27.5 Å². The maximum absolute atomic E-state index is 13.9. The molecular formula is C15H13BrClF. The van der Waals surface area contributed by atoms with Gasteiger partial charge in [0.25, 0.3) is 0 Å². The highest BCUT2D eigenvalue weighted by molar-refractivity contribution is 9.10. The summed E-state index contributed by atoms with van der Waals surface area (Å²) in [4.78, 5) is 0. The van der Waals surface area contributed by atoms with E-state index in [4.69, 9.17) is 11.6 Å². The van der Waals surface area contributed by atoms with E-state index in [1.54, 1.807) is 12.1 Å². The number of halogens is 3. The van der Waals surface area contributed by atoms with Gasteiger partial charge in [0.1, 0.15) is 5.82 Å². The van der Waals surface area contributed by atoms with Crippen LogP contribution in [0.2, 0.25) is 0 Å². The Morgan fingerprint density at radius 3 is 2.44 bits per heavy atom. The lowest BCUT2D eigenvalue weighted by molar-refractivity contribution is 0.611. The van der Waals surface area contributed by atoms with E-state index in [-0.39, 0.29) is 5.82 Å². The van der Waals surface area contributed by atoms with E-state index >= 15 is 0 Å². The van der Waals surface area contributed by atoms with Gasteiger partial charge in [0.05, 0.1) is 5.38 Å². The molecule has 0 saturated heterocycles. The molecule has 0 aliphatic rings. The average molecular weight is 328 g/mol. The van der Waals surface area contributed by atoms with Crippen molar-refractivity contribution in [1.29, 1.82) is 0 Å². The van der Waals surface area contributed by atoms with E-state index in [1.807, 2.05) is 32.0 Å². The summed E-state index contributed by atoms with van der Waals surface area (Å²) in [6.45, 7) is 3.99. The summed E-state index contributed by atoms with van der Waals surface area (Å²) in [7, 11) is 0. The van der Waals surface area contributed by atoms with Gasteiger partial charge in [-0.15, -0.1) is 11.6 Å². The molecule has 1 unspecified atom stereocenters. The highest BCUT2D eigenvalue weighted by Gasteiger charge is 2.17. The van der Waals surface area contributed by atoms with E-state index in [9.17, 15) is 4.39 Å². The molecule has 0 bridgehead atoms. The van der Waals surface area contributed by atoms with Crippen LogP contribution in [0.5, 0.6) is 0 Å². The first-order valence-corrected chi connectivity index (χ1v) is 6.88. The van der Waals surface area contributed by atoms with Crippen LogP contribution in [-0.4, -0.2) is 0 Å². The summed E-state index contributed by atoms with van der Waals surface area (Å²) < 4.78 is 14.6. The Hall–Kier alpha value is -0.860. The maximum atomic E-state index is 13.9. The fraction of sp³-hybridized carbons (Fsp3) is 0.200. The summed E-state index contributed by atoms with van der Waals surface area (Å²) in [6, 6.07) is 11.0. The van der Waals surface area contributed by atoms with Gasteiger partial charge in [-0.1, -0.05) is 45.8 Å². The number of hydrogen-bond acceptors (Lipinski definition) is 0. The largest absolute Gasteiger partial charge is 0.207 e. The summed E-state index contributed by atoms with van der Waals surface area (Å²) in [5.41, 5.74) is 3.66. The Morgan fingerprint density at radius 1 is 1.06 bits per heavy atom. The molecule has 0 amide bonds. The monoisotopic (exact) mass is 326 g/mol. The van der Waals surface area contributed by atoms with Crippen LogP contribution in [0.4, 0.5) is 4.39 Å². The van der Waals surface area contributed by atoms with E-state index in [1.165, 1.54) is 6.07 Å². The molecule has 0 fully saturated rings. The second-order valence-corrected chi connectivity index (χ2v) is 5.74. The van der Waals surface area contributed by atoms with Crippen LogP contribution < -0.4 is 0 Å². The molecule has 2 rings (SSSR count). The standard InChI is InChI=1S/C15H13BrClF/c1-9-3-4-10(2)13(7-9)15(17)12-6-5-11(16)8-14(12)18/h3-8,15H,1-2H3. The van der Waals surface area contributed by atoms with Crippen molar-refractivity contribution in [3.63, 3.8) is 0 Å². The number of aryl methyl sites for hydroxylation is 2. The van der Waals surface area contributed by atoms with Crippen molar-refractivity contribution in [2.45, 2.75) is 19.2 Å². The smallest absolute Gasteiger partial charge is 0.129 e. The van der Waals surface area contributed by atoms with Gasteiger partial charge in [0, 0.05) is 10.0 Å². The second-order valence-electron chi connectivity index (χ2n) is 4.39. The van der Waals surface area contributed by atoms with E-state index in [2.05, 4.69) is 15.9 Å². The molecule has 94 valence electrons. The molecule has 0 aliphatic carbocycles. The minimum atomic E-state index is -0.460. The zero-order valence-corrected chi connectivity index (χ0v) is 12.5. The molecule has 0 radical (unpaired) electrons. The lowest BCUT2D eigenvalue weighted by Gasteiger charge is -2.15. The molecule has 0 N–H and O–H groups in total. The summed E-state index contributed by atoms with van der Waals surface area (Å²) >= 11 is 9.66. The molecule has 2 aromatic rings. The molecule has 2 aromatic carbocycles. The van der Waals surface area contributed by atoms with Crippen LogP contribution in [0.1, 0.15) is 27.6 Å². The number of benzene rings is 2.